The average Bonchev–Trinajstić information content (AvgIpc) is 2.29. The third-order valence-corrected chi connectivity index (χ3v) is 3.06. The van der Waals surface area contributed by atoms with E-state index in [-0.39, 0.29) is 0 Å². The van der Waals surface area contributed by atoms with E-state index in [1.165, 1.54) is 11.4 Å². The summed E-state index contributed by atoms with van der Waals surface area (Å²) < 4.78 is 0. The van der Waals surface area contributed by atoms with E-state index >= 15 is 0 Å². The number of nitrogens with one attached hydrogen (secondary N) is 2. The lowest BCUT2D eigenvalue weighted by molar-refractivity contribution is 0.485. The molecular weight excluding hydrogens is 210 g/mol. The van der Waals surface area contributed by atoms with Crippen LogP contribution in [0, 0.1) is 0 Å². The van der Waals surface area contributed by atoms with Crippen molar-refractivity contribution in [2.45, 2.75) is 32.9 Å². The monoisotopic (exact) mass is 233 g/mol. The highest BCUT2D eigenvalue weighted by molar-refractivity contribution is 5.55. The van der Waals surface area contributed by atoms with Gasteiger partial charge in [-0.25, -0.2) is 0 Å². The summed E-state index contributed by atoms with van der Waals surface area (Å²) in [5.41, 5.74) is 2.53. The molecular formula is C14H23N3. The number of anilines is 2. The van der Waals surface area contributed by atoms with Crippen LogP contribution in [0.3, 0.4) is 0 Å². The van der Waals surface area contributed by atoms with E-state index in [2.05, 4.69) is 60.6 Å². The standard InChI is InChI=1S/C14H23N3/c1-11(2)16-13-4-6-14(7-5-13)17-9-8-15-12(3)10-17/h4-7,11-12,15-16H,8-10H2,1-3H3/t12-/m0/s1. The molecule has 17 heavy (non-hydrogen) atoms. The molecule has 1 saturated heterocycles. The molecule has 0 saturated carbocycles. The lowest BCUT2D eigenvalue weighted by Crippen LogP contribution is -2.49. The lowest BCUT2D eigenvalue weighted by atomic mass is 10.2. The Morgan fingerprint density at radius 1 is 1.29 bits per heavy atom. The number of rotatable bonds is 3. The Balaban J connectivity index is 2.01. The molecule has 3 heteroatoms. The average molecular weight is 233 g/mol. The van der Waals surface area contributed by atoms with Crippen molar-refractivity contribution < 1.29 is 0 Å². The van der Waals surface area contributed by atoms with Crippen molar-refractivity contribution >= 4 is 11.4 Å². The highest BCUT2D eigenvalue weighted by Crippen LogP contribution is 2.19. The van der Waals surface area contributed by atoms with Crippen molar-refractivity contribution in [3.05, 3.63) is 24.3 Å². The van der Waals surface area contributed by atoms with E-state index in [1.807, 2.05) is 0 Å². The van der Waals surface area contributed by atoms with E-state index < -0.39 is 0 Å². The minimum Gasteiger partial charge on any atom is -0.383 e. The first kappa shape index (κ1) is 12.2. The molecule has 1 aliphatic rings. The second-order valence-corrected chi connectivity index (χ2v) is 5.15. The first-order chi connectivity index (χ1) is 8.15. The summed E-state index contributed by atoms with van der Waals surface area (Å²) in [5, 5.41) is 6.88. The molecule has 0 spiro atoms. The van der Waals surface area contributed by atoms with Crippen molar-refractivity contribution in [3.8, 4) is 0 Å². The van der Waals surface area contributed by atoms with Gasteiger partial charge in [-0.15, -0.1) is 0 Å². The SMILES string of the molecule is CC(C)Nc1ccc(N2CCN[C@@H](C)C2)cc1. The van der Waals surface area contributed by atoms with Crippen molar-refractivity contribution in [2.75, 3.05) is 29.9 Å². The summed E-state index contributed by atoms with van der Waals surface area (Å²) in [4.78, 5) is 2.44. The minimum absolute atomic E-state index is 0.486. The number of hydrogen-bond acceptors (Lipinski definition) is 3. The lowest BCUT2D eigenvalue weighted by Gasteiger charge is -2.33. The number of piperazine rings is 1. The molecule has 0 aromatic heterocycles. The van der Waals surface area contributed by atoms with Crippen LogP contribution in [0.25, 0.3) is 0 Å². The molecule has 1 aromatic rings. The van der Waals surface area contributed by atoms with Crippen molar-refractivity contribution in [3.63, 3.8) is 0 Å². The van der Waals surface area contributed by atoms with Crippen molar-refractivity contribution in [2.24, 2.45) is 0 Å². The zero-order valence-corrected chi connectivity index (χ0v) is 11.0. The maximum Gasteiger partial charge on any atom is 0.0368 e. The van der Waals surface area contributed by atoms with Gasteiger partial charge in [0.25, 0.3) is 0 Å². The van der Waals surface area contributed by atoms with Gasteiger partial charge in [-0.3, -0.25) is 0 Å². The van der Waals surface area contributed by atoms with Gasteiger partial charge in [0.2, 0.25) is 0 Å². The molecule has 1 atom stereocenters. The molecule has 0 aliphatic carbocycles. The van der Waals surface area contributed by atoms with Crippen LogP contribution < -0.4 is 15.5 Å². The molecule has 1 fully saturated rings. The largest absolute Gasteiger partial charge is 0.383 e. The van der Waals surface area contributed by atoms with Crippen molar-refractivity contribution in [1.29, 1.82) is 0 Å². The topological polar surface area (TPSA) is 27.3 Å². The van der Waals surface area contributed by atoms with Crippen LogP contribution >= 0.6 is 0 Å². The van der Waals surface area contributed by atoms with Crippen LogP contribution in [0.1, 0.15) is 20.8 Å². The van der Waals surface area contributed by atoms with Gasteiger partial charge in [0.1, 0.15) is 0 Å². The predicted octanol–water partition coefficient (Wildman–Crippen LogP) is 2.31. The quantitative estimate of drug-likeness (QED) is 0.839. The van der Waals surface area contributed by atoms with Gasteiger partial charge in [0, 0.05) is 43.1 Å². The number of hydrogen-bond donors (Lipinski definition) is 2. The molecule has 3 nitrogen and oxygen atoms in total. The zero-order valence-electron chi connectivity index (χ0n) is 11.0. The van der Waals surface area contributed by atoms with E-state index in [1.54, 1.807) is 0 Å². The molecule has 1 aliphatic heterocycles. The summed E-state index contributed by atoms with van der Waals surface area (Å²) in [5.74, 6) is 0. The molecule has 0 unspecified atom stereocenters. The first-order valence-corrected chi connectivity index (χ1v) is 6.50. The first-order valence-electron chi connectivity index (χ1n) is 6.50. The minimum atomic E-state index is 0.486. The summed E-state index contributed by atoms with van der Waals surface area (Å²) in [7, 11) is 0. The molecule has 1 aromatic carbocycles. The second kappa shape index (κ2) is 5.41. The van der Waals surface area contributed by atoms with Crippen LogP contribution in [0.4, 0.5) is 11.4 Å². The van der Waals surface area contributed by atoms with Gasteiger partial charge in [0.05, 0.1) is 0 Å². The van der Waals surface area contributed by atoms with Gasteiger partial charge in [-0.05, 0) is 45.0 Å². The van der Waals surface area contributed by atoms with Crippen LogP contribution in [-0.4, -0.2) is 31.7 Å². The van der Waals surface area contributed by atoms with E-state index in [4.69, 9.17) is 0 Å². The van der Waals surface area contributed by atoms with E-state index in [9.17, 15) is 0 Å². The third-order valence-electron chi connectivity index (χ3n) is 3.06. The molecule has 1 heterocycles. The number of benzene rings is 1. The van der Waals surface area contributed by atoms with Gasteiger partial charge >= 0.3 is 0 Å². The normalized spacial score (nSPS) is 20.7. The van der Waals surface area contributed by atoms with E-state index in [0.29, 0.717) is 12.1 Å². The molecule has 0 bridgehead atoms. The summed E-state index contributed by atoms with van der Waals surface area (Å²) in [6.07, 6.45) is 0. The van der Waals surface area contributed by atoms with Crippen LogP contribution in [-0.2, 0) is 0 Å². The second-order valence-electron chi connectivity index (χ2n) is 5.15. The fraction of sp³-hybridized carbons (Fsp3) is 0.571. The molecule has 2 N–H and O–H groups in total. The third kappa shape index (κ3) is 3.37. The molecule has 94 valence electrons. The van der Waals surface area contributed by atoms with Crippen LogP contribution in [0.2, 0.25) is 0 Å². The smallest absolute Gasteiger partial charge is 0.0368 e. The Bertz CT molecular complexity index is 345. The van der Waals surface area contributed by atoms with Crippen LogP contribution in [0.15, 0.2) is 24.3 Å². The van der Waals surface area contributed by atoms with E-state index in [0.717, 1.165) is 19.6 Å². The van der Waals surface area contributed by atoms with Crippen molar-refractivity contribution in [1.82, 2.24) is 5.32 Å². The number of nitrogens with zero attached hydrogens (tertiary/aromatic N) is 1. The highest BCUT2D eigenvalue weighted by Gasteiger charge is 2.15. The fourth-order valence-electron chi connectivity index (χ4n) is 2.27. The fourth-order valence-corrected chi connectivity index (χ4v) is 2.27. The van der Waals surface area contributed by atoms with Gasteiger partial charge in [-0.1, -0.05) is 0 Å². The summed E-state index contributed by atoms with van der Waals surface area (Å²) in [6, 6.07) is 9.83. The summed E-state index contributed by atoms with van der Waals surface area (Å²) in [6.45, 7) is 9.82. The van der Waals surface area contributed by atoms with Gasteiger partial charge in [0.15, 0.2) is 0 Å². The highest BCUT2D eigenvalue weighted by atomic mass is 15.2. The Kier molecular flexibility index (Phi) is 3.89. The van der Waals surface area contributed by atoms with Gasteiger partial charge in [-0.2, -0.15) is 0 Å². The van der Waals surface area contributed by atoms with Crippen LogP contribution in [0.5, 0.6) is 0 Å². The zero-order chi connectivity index (χ0) is 12.3. The Labute approximate surface area is 104 Å². The molecule has 0 amide bonds. The maximum absolute atomic E-state index is 3.47. The van der Waals surface area contributed by atoms with Gasteiger partial charge < -0.3 is 15.5 Å². The molecule has 2 rings (SSSR count). The summed E-state index contributed by atoms with van der Waals surface area (Å²) >= 11 is 0. The molecule has 0 radical (unpaired) electrons. The Hall–Kier alpha value is -1.22. The Morgan fingerprint density at radius 3 is 2.59 bits per heavy atom. The maximum atomic E-state index is 3.47. The predicted molar refractivity (Wildman–Crippen MR) is 74.9 cm³/mol. The Morgan fingerprint density at radius 2 is 2.00 bits per heavy atom.